The van der Waals surface area contributed by atoms with E-state index in [0.717, 1.165) is 0 Å². The highest BCUT2D eigenvalue weighted by Gasteiger charge is 2.20. The van der Waals surface area contributed by atoms with Gasteiger partial charge in [0.1, 0.15) is 0 Å². The van der Waals surface area contributed by atoms with Gasteiger partial charge in [0, 0.05) is 10.9 Å². The van der Waals surface area contributed by atoms with Gasteiger partial charge in [-0.05, 0) is 60.5 Å². The van der Waals surface area contributed by atoms with E-state index in [1.165, 1.54) is 40.0 Å². The second-order valence-electron chi connectivity index (χ2n) is 4.74. The Hall–Kier alpha value is -1.12. The molecule has 0 bridgehead atoms. The number of benzene rings is 1. The van der Waals surface area contributed by atoms with Crippen LogP contribution in [0.1, 0.15) is 28.5 Å². The number of hydrogen-bond acceptors (Lipinski definition) is 2. The Labute approximate surface area is 106 Å². The molecule has 1 nitrogen and oxygen atoms in total. The monoisotopic (exact) mass is 243 g/mol. The van der Waals surface area contributed by atoms with Gasteiger partial charge in [0.05, 0.1) is 0 Å². The molecule has 17 heavy (non-hydrogen) atoms. The van der Waals surface area contributed by atoms with Gasteiger partial charge in [-0.25, -0.2) is 0 Å². The minimum absolute atomic E-state index is 0.559. The standard InChI is InChI=1S/C15H17NS/c1-10-7-13(9-17-10)11-3-5-14-12(8-11)4-6-15(14)16-2/h3,5,7-9,15-16H,4,6H2,1-2H3. The Morgan fingerprint density at radius 2 is 2.12 bits per heavy atom. The Balaban J connectivity index is 2.00. The summed E-state index contributed by atoms with van der Waals surface area (Å²) in [5.41, 5.74) is 5.74. The molecule has 1 aromatic heterocycles. The fraction of sp³-hybridized carbons (Fsp3) is 0.333. The molecule has 1 aliphatic rings. The van der Waals surface area contributed by atoms with Crippen molar-refractivity contribution in [3.05, 3.63) is 45.6 Å². The van der Waals surface area contributed by atoms with Crippen molar-refractivity contribution in [1.29, 1.82) is 0 Å². The topological polar surface area (TPSA) is 12.0 Å². The van der Waals surface area contributed by atoms with Crippen molar-refractivity contribution in [3.8, 4) is 11.1 Å². The molecule has 1 N–H and O–H groups in total. The number of aryl methyl sites for hydroxylation is 2. The van der Waals surface area contributed by atoms with E-state index in [2.05, 4.69) is 48.9 Å². The summed E-state index contributed by atoms with van der Waals surface area (Å²) in [6, 6.07) is 9.76. The predicted molar refractivity (Wildman–Crippen MR) is 74.6 cm³/mol. The van der Waals surface area contributed by atoms with Gasteiger partial charge in [0.15, 0.2) is 0 Å². The third-order valence-electron chi connectivity index (χ3n) is 3.63. The summed E-state index contributed by atoms with van der Waals surface area (Å²) in [6.45, 7) is 2.17. The van der Waals surface area contributed by atoms with Crippen LogP contribution in [0.15, 0.2) is 29.6 Å². The molecular formula is C15H17NS. The Morgan fingerprint density at radius 3 is 2.82 bits per heavy atom. The Morgan fingerprint density at radius 1 is 1.24 bits per heavy atom. The zero-order valence-corrected chi connectivity index (χ0v) is 11.1. The van der Waals surface area contributed by atoms with Crippen molar-refractivity contribution < 1.29 is 0 Å². The molecule has 1 atom stereocenters. The molecule has 0 fully saturated rings. The quantitative estimate of drug-likeness (QED) is 0.842. The van der Waals surface area contributed by atoms with Crippen molar-refractivity contribution in [2.75, 3.05) is 7.05 Å². The van der Waals surface area contributed by atoms with Gasteiger partial charge in [-0.15, -0.1) is 11.3 Å². The van der Waals surface area contributed by atoms with E-state index in [9.17, 15) is 0 Å². The van der Waals surface area contributed by atoms with E-state index in [1.807, 2.05) is 11.3 Å². The number of nitrogens with one attached hydrogen (secondary N) is 1. The van der Waals surface area contributed by atoms with Gasteiger partial charge >= 0.3 is 0 Å². The molecule has 1 aromatic carbocycles. The highest BCUT2D eigenvalue weighted by atomic mass is 32.1. The van der Waals surface area contributed by atoms with Crippen LogP contribution in [-0.2, 0) is 6.42 Å². The fourth-order valence-corrected chi connectivity index (χ4v) is 3.40. The fourth-order valence-electron chi connectivity index (χ4n) is 2.69. The first-order chi connectivity index (χ1) is 8.28. The van der Waals surface area contributed by atoms with Crippen LogP contribution in [0.4, 0.5) is 0 Å². The third kappa shape index (κ3) is 1.92. The van der Waals surface area contributed by atoms with Crippen molar-refractivity contribution in [2.45, 2.75) is 25.8 Å². The lowest BCUT2D eigenvalue weighted by Gasteiger charge is -2.10. The maximum Gasteiger partial charge on any atom is 0.0323 e. The van der Waals surface area contributed by atoms with Crippen LogP contribution in [0.2, 0.25) is 0 Å². The third-order valence-corrected chi connectivity index (χ3v) is 4.49. The van der Waals surface area contributed by atoms with Gasteiger partial charge in [-0.1, -0.05) is 18.2 Å². The molecule has 0 radical (unpaired) electrons. The van der Waals surface area contributed by atoms with Crippen LogP contribution in [0.5, 0.6) is 0 Å². The summed E-state index contributed by atoms with van der Waals surface area (Å²) in [5, 5.41) is 5.64. The normalized spacial score (nSPS) is 18.4. The molecule has 3 rings (SSSR count). The summed E-state index contributed by atoms with van der Waals surface area (Å²) in [6.07, 6.45) is 2.44. The summed E-state index contributed by atoms with van der Waals surface area (Å²) in [5.74, 6) is 0. The molecular weight excluding hydrogens is 226 g/mol. The van der Waals surface area contributed by atoms with Crippen LogP contribution < -0.4 is 5.32 Å². The Kier molecular flexibility index (Phi) is 2.77. The maximum atomic E-state index is 3.39. The van der Waals surface area contributed by atoms with E-state index in [4.69, 9.17) is 0 Å². The molecule has 0 saturated heterocycles. The molecule has 0 saturated carbocycles. The van der Waals surface area contributed by atoms with Crippen LogP contribution in [0, 0.1) is 6.92 Å². The molecule has 2 aromatic rings. The minimum Gasteiger partial charge on any atom is -0.313 e. The highest BCUT2D eigenvalue weighted by Crippen LogP contribution is 2.34. The molecule has 88 valence electrons. The van der Waals surface area contributed by atoms with Crippen LogP contribution in [0.25, 0.3) is 11.1 Å². The average molecular weight is 243 g/mol. The lowest BCUT2D eigenvalue weighted by Crippen LogP contribution is -2.12. The molecule has 1 unspecified atom stereocenters. The van der Waals surface area contributed by atoms with Crippen molar-refractivity contribution in [2.24, 2.45) is 0 Å². The maximum absolute atomic E-state index is 3.39. The lowest BCUT2D eigenvalue weighted by molar-refractivity contribution is 0.590. The smallest absolute Gasteiger partial charge is 0.0323 e. The van der Waals surface area contributed by atoms with Gasteiger partial charge < -0.3 is 5.32 Å². The van der Waals surface area contributed by atoms with Crippen LogP contribution >= 0.6 is 11.3 Å². The zero-order chi connectivity index (χ0) is 11.8. The van der Waals surface area contributed by atoms with Crippen molar-refractivity contribution >= 4 is 11.3 Å². The van der Waals surface area contributed by atoms with Crippen molar-refractivity contribution in [3.63, 3.8) is 0 Å². The number of fused-ring (bicyclic) bond motifs is 1. The zero-order valence-electron chi connectivity index (χ0n) is 10.3. The first kappa shape index (κ1) is 11.0. The Bertz CT molecular complexity index is 542. The van der Waals surface area contributed by atoms with Gasteiger partial charge in [0.2, 0.25) is 0 Å². The second-order valence-corrected chi connectivity index (χ2v) is 5.85. The summed E-state index contributed by atoms with van der Waals surface area (Å²) in [7, 11) is 2.05. The van der Waals surface area contributed by atoms with Gasteiger partial charge in [0.25, 0.3) is 0 Å². The molecule has 2 heteroatoms. The van der Waals surface area contributed by atoms with Crippen LogP contribution in [0.3, 0.4) is 0 Å². The highest BCUT2D eigenvalue weighted by molar-refractivity contribution is 7.10. The second kappa shape index (κ2) is 4.28. The molecule has 0 spiro atoms. The number of thiophene rings is 1. The molecule has 1 heterocycles. The lowest BCUT2D eigenvalue weighted by atomic mass is 10.0. The molecule has 1 aliphatic carbocycles. The van der Waals surface area contributed by atoms with E-state index >= 15 is 0 Å². The molecule has 0 aliphatic heterocycles. The predicted octanol–water partition coefficient (Wildman–Crippen LogP) is 3.93. The summed E-state index contributed by atoms with van der Waals surface area (Å²) < 4.78 is 0. The van der Waals surface area contributed by atoms with Crippen molar-refractivity contribution in [1.82, 2.24) is 5.32 Å². The van der Waals surface area contributed by atoms with E-state index in [-0.39, 0.29) is 0 Å². The number of hydrogen-bond donors (Lipinski definition) is 1. The SMILES string of the molecule is CNC1CCc2cc(-c3csc(C)c3)ccc21. The summed E-state index contributed by atoms with van der Waals surface area (Å²) >= 11 is 1.83. The largest absolute Gasteiger partial charge is 0.313 e. The van der Waals surface area contributed by atoms with Crippen LogP contribution in [-0.4, -0.2) is 7.05 Å². The van der Waals surface area contributed by atoms with E-state index in [0.29, 0.717) is 6.04 Å². The number of rotatable bonds is 2. The average Bonchev–Trinajstić information content (AvgIpc) is 2.94. The first-order valence-electron chi connectivity index (χ1n) is 6.13. The van der Waals surface area contributed by atoms with Gasteiger partial charge in [-0.2, -0.15) is 0 Å². The molecule has 0 amide bonds. The van der Waals surface area contributed by atoms with E-state index in [1.54, 1.807) is 0 Å². The minimum atomic E-state index is 0.559. The van der Waals surface area contributed by atoms with Gasteiger partial charge in [-0.3, -0.25) is 0 Å². The summed E-state index contributed by atoms with van der Waals surface area (Å²) in [4.78, 5) is 1.38. The van der Waals surface area contributed by atoms with E-state index < -0.39 is 0 Å². The first-order valence-corrected chi connectivity index (χ1v) is 7.01.